The van der Waals surface area contributed by atoms with Crippen molar-refractivity contribution in [2.75, 3.05) is 13.7 Å². The summed E-state index contributed by atoms with van der Waals surface area (Å²) in [5.41, 5.74) is 0.948. The van der Waals surface area contributed by atoms with E-state index in [0.29, 0.717) is 10.8 Å². The molecule has 0 aliphatic carbocycles. The molecule has 1 heterocycles. The average molecular weight is 339 g/mol. The van der Waals surface area contributed by atoms with Crippen LogP contribution in [0.15, 0.2) is 34.7 Å². The van der Waals surface area contributed by atoms with Gasteiger partial charge in [-0.1, -0.05) is 18.5 Å². The fourth-order valence-electron chi connectivity index (χ4n) is 1.70. The van der Waals surface area contributed by atoms with E-state index in [1.54, 1.807) is 7.11 Å². The predicted octanol–water partition coefficient (Wildman–Crippen LogP) is 4.56. The molecule has 0 aliphatic heterocycles. The third-order valence-electron chi connectivity index (χ3n) is 2.65. The van der Waals surface area contributed by atoms with Crippen LogP contribution >= 0.6 is 36.4 Å². The van der Waals surface area contributed by atoms with Crippen molar-refractivity contribution in [2.45, 2.75) is 13.5 Å². The number of benzene rings is 1. The molecule has 1 aromatic heterocycles. The maximum absolute atomic E-state index is 6.09. The van der Waals surface area contributed by atoms with Gasteiger partial charge in [0, 0.05) is 5.56 Å². The molecule has 2 rings (SSSR count). The van der Waals surface area contributed by atoms with Crippen LogP contribution < -0.4 is 10.1 Å². The SMILES string of the molecule is CCNCc1ccc(-c2ccc(OC)c(Cl)c2)o1.Cl.Cl. The lowest BCUT2D eigenvalue weighted by Crippen LogP contribution is -2.10. The Morgan fingerprint density at radius 1 is 1.20 bits per heavy atom. The van der Waals surface area contributed by atoms with Crippen molar-refractivity contribution in [3.63, 3.8) is 0 Å². The van der Waals surface area contributed by atoms with E-state index >= 15 is 0 Å². The Hall–Kier alpha value is -0.870. The van der Waals surface area contributed by atoms with Crippen LogP contribution in [0.1, 0.15) is 12.7 Å². The molecule has 0 amide bonds. The first-order valence-electron chi connectivity index (χ1n) is 5.88. The van der Waals surface area contributed by atoms with Gasteiger partial charge in [-0.15, -0.1) is 24.8 Å². The van der Waals surface area contributed by atoms with Crippen molar-refractivity contribution >= 4 is 36.4 Å². The van der Waals surface area contributed by atoms with E-state index < -0.39 is 0 Å². The highest BCUT2D eigenvalue weighted by Crippen LogP contribution is 2.30. The molecule has 0 atom stereocenters. The lowest BCUT2D eigenvalue weighted by atomic mass is 10.2. The summed E-state index contributed by atoms with van der Waals surface area (Å²) in [5.74, 6) is 2.39. The second-order valence-electron chi connectivity index (χ2n) is 3.90. The Morgan fingerprint density at radius 2 is 1.95 bits per heavy atom. The fourth-order valence-corrected chi connectivity index (χ4v) is 1.95. The van der Waals surface area contributed by atoms with Crippen LogP contribution in [-0.4, -0.2) is 13.7 Å². The standard InChI is InChI=1S/C14H16ClNO2.2ClH/c1-3-16-9-11-5-7-13(18-11)10-4-6-14(17-2)12(15)8-10;;/h4-8,16H,3,9H2,1-2H3;2*1H. The van der Waals surface area contributed by atoms with Crippen molar-refractivity contribution in [1.82, 2.24) is 5.32 Å². The summed E-state index contributed by atoms with van der Waals surface area (Å²) < 4.78 is 10.9. The molecule has 20 heavy (non-hydrogen) atoms. The molecule has 0 aliphatic rings. The van der Waals surface area contributed by atoms with Gasteiger partial charge in [0.2, 0.25) is 0 Å². The van der Waals surface area contributed by atoms with Crippen LogP contribution in [-0.2, 0) is 6.54 Å². The van der Waals surface area contributed by atoms with Gasteiger partial charge in [0.15, 0.2) is 0 Å². The molecule has 0 radical (unpaired) electrons. The average Bonchev–Trinajstić information content (AvgIpc) is 2.85. The molecule has 0 fully saturated rings. The minimum absolute atomic E-state index is 0. The number of hydrogen-bond donors (Lipinski definition) is 1. The van der Waals surface area contributed by atoms with Gasteiger partial charge in [-0.25, -0.2) is 0 Å². The van der Waals surface area contributed by atoms with E-state index in [1.807, 2.05) is 30.3 Å². The molecule has 112 valence electrons. The van der Waals surface area contributed by atoms with Gasteiger partial charge in [-0.3, -0.25) is 0 Å². The topological polar surface area (TPSA) is 34.4 Å². The molecule has 0 bridgehead atoms. The van der Waals surface area contributed by atoms with Crippen LogP contribution in [0.5, 0.6) is 5.75 Å². The Kier molecular flexibility index (Phi) is 8.74. The van der Waals surface area contributed by atoms with Gasteiger partial charge in [0.1, 0.15) is 17.3 Å². The molecule has 0 unspecified atom stereocenters. The van der Waals surface area contributed by atoms with Crippen LogP contribution in [0, 0.1) is 0 Å². The van der Waals surface area contributed by atoms with Gasteiger partial charge in [-0.2, -0.15) is 0 Å². The Labute approximate surface area is 136 Å². The predicted molar refractivity (Wildman–Crippen MR) is 87.6 cm³/mol. The molecular formula is C14H18Cl3NO2. The molecule has 0 saturated carbocycles. The quantitative estimate of drug-likeness (QED) is 0.867. The van der Waals surface area contributed by atoms with Gasteiger partial charge in [0.05, 0.1) is 18.7 Å². The highest BCUT2D eigenvalue weighted by Gasteiger charge is 2.07. The fraction of sp³-hybridized carbons (Fsp3) is 0.286. The maximum Gasteiger partial charge on any atom is 0.137 e. The number of ether oxygens (including phenoxy) is 1. The van der Waals surface area contributed by atoms with Crippen molar-refractivity contribution in [3.8, 4) is 17.1 Å². The Bertz CT molecular complexity index is 529. The van der Waals surface area contributed by atoms with Crippen molar-refractivity contribution < 1.29 is 9.15 Å². The second-order valence-corrected chi connectivity index (χ2v) is 4.30. The number of nitrogens with one attached hydrogen (secondary N) is 1. The highest BCUT2D eigenvalue weighted by molar-refractivity contribution is 6.32. The van der Waals surface area contributed by atoms with E-state index in [4.69, 9.17) is 20.8 Å². The summed E-state index contributed by atoms with van der Waals surface area (Å²) in [6.45, 7) is 3.72. The molecule has 3 nitrogen and oxygen atoms in total. The lowest BCUT2D eigenvalue weighted by molar-refractivity contribution is 0.415. The summed E-state index contributed by atoms with van der Waals surface area (Å²) >= 11 is 6.09. The number of rotatable bonds is 5. The van der Waals surface area contributed by atoms with Gasteiger partial charge < -0.3 is 14.5 Å². The van der Waals surface area contributed by atoms with Crippen LogP contribution in [0.3, 0.4) is 0 Å². The Morgan fingerprint density at radius 3 is 2.55 bits per heavy atom. The number of methoxy groups -OCH3 is 1. The zero-order chi connectivity index (χ0) is 13.0. The monoisotopic (exact) mass is 337 g/mol. The maximum atomic E-state index is 6.09. The molecule has 6 heteroatoms. The molecule has 2 aromatic rings. The summed E-state index contributed by atoms with van der Waals surface area (Å²) in [6.07, 6.45) is 0. The van der Waals surface area contributed by atoms with Crippen molar-refractivity contribution in [2.24, 2.45) is 0 Å². The smallest absolute Gasteiger partial charge is 0.137 e. The number of halogens is 3. The molecule has 0 saturated heterocycles. The first-order chi connectivity index (χ1) is 8.74. The first kappa shape index (κ1) is 19.1. The van der Waals surface area contributed by atoms with Gasteiger partial charge >= 0.3 is 0 Å². The van der Waals surface area contributed by atoms with Crippen molar-refractivity contribution in [1.29, 1.82) is 0 Å². The summed E-state index contributed by atoms with van der Waals surface area (Å²) in [6, 6.07) is 9.53. The normalized spacial score (nSPS) is 9.55. The van der Waals surface area contributed by atoms with Crippen molar-refractivity contribution in [3.05, 3.63) is 41.1 Å². The third-order valence-corrected chi connectivity index (χ3v) is 2.94. The van der Waals surface area contributed by atoms with Crippen LogP contribution in [0.4, 0.5) is 0 Å². The van der Waals surface area contributed by atoms with E-state index in [0.717, 1.165) is 30.2 Å². The molecule has 0 spiro atoms. The summed E-state index contributed by atoms with van der Waals surface area (Å²) in [4.78, 5) is 0. The molecule has 1 aromatic carbocycles. The second kappa shape index (κ2) is 9.14. The minimum atomic E-state index is 0. The largest absolute Gasteiger partial charge is 0.495 e. The van der Waals surface area contributed by atoms with E-state index in [-0.39, 0.29) is 24.8 Å². The van der Waals surface area contributed by atoms with E-state index in [9.17, 15) is 0 Å². The zero-order valence-corrected chi connectivity index (χ0v) is 13.7. The van der Waals surface area contributed by atoms with Crippen LogP contribution in [0.2, 0.25) is 5.02 Å². The van der Waals surface area contributed by atoms with E-state index in [2.05, 4.69) is 12.2 Å². The molecular weight excluding hydrogens is 321 g/mol. The van der Waals surface area contributed by atoms with Crippen LogP contribution in [0.25, 0.3) is 11.3 Å². The Balaban J connectivity index is 0.00000180. The lowest BCUT2D eigenvalue weighted by Gasteiger charge is -2.04. The summed E-state index contributed by atoms with van der Waals surface area (Å²) in [7, 11) is 1.60. The van der Waals surface area contributed by atoms with Gasteiger partial charge in [-0.05, 0) is 36.9 Å². The number of hydrogen-bond acceptors (Lipinski definition) is 3. The minimum Gasteiger partial charge on any atom is -0.495 e. The third kappa shape index (κ3) is 4.60. The highest BCUT2D eigenvalue weighted by atomic mass is 35.5. The number of furan rings is 1. The molecule has 1 N–H and O–H groups in total. The van der Waals surface area contributed by atoms with E-state index in [1.165, 1.54) is 0 Å². The van der Waals surface area contributed by atoms with Gasteiger partial charge in [0.25, 0.3) is 0 Å². The summed E-state index contributed by atoms with van der Waals surface area (Å²) in [5, 5.41) is 3.80. The first-order valence-corrected chi connectivity index (χ1v) is 6.25. The zero-order valence-electron chi connectivity index (χ0n) is 11.3.